The molecule has 0 aliphatic heterocycles. The third-order valence-electron chi connectivity index (χ3n) is 2.82. The summed E-state index contributed by atoms with van der Waals surface area (Å²) in [7, 11) is -3.75. The maximum absolute atomic E-state index is 13.2. The Balaban J connectivity index is 2.43. The Morgan fingerprint density at radius 3 is 2.62 bits per heavy atom. The zero-order chi connectivity index (χ0) is 15.6. The molecule has 0 spiro atoms. The average Bonchev–Trinajstić information content (AvgIpc) is 2.43. The summed E-state index contributed by atoms with van der Waals surface area (Å²) in [4.78, 5) is -0.0853. The minimum absolute atomic E-state index is 0.0852. The molecule has 4 nitrogen and oxygen atoms in total. The smallest absolute Gasteiger partial charge is 0.184 e. The maximum Gasteiger partial charge on any atom is 0.184 e. The summed E-state index contributed by atoms with van der Waals surface area (Å²) in [6.07, 6.45) is 0. The highest BCUT2D eigenvalue weighted by molar-refractivity contribution is 7.90. The molecule has 0 fully saturated rings. The summed E-state index contributed by atoms with van der Waals surface area (Å²) in [6, 6.07) is 9.40. The molecule has 2 rings (SSSR count). The number of benzene rings is 2. The number of anilines is 1. The van der Waals surface area contributed by atoms with Gasteiger partial charge >= 0.3 is 0 Å². The standard InChI is InChI=1S/C14H10ClFN2O2S/c15-11-2-4-13(18)14(6-11)21(19,20)8-9-1-3-12(16)10(5-9)7-17/h1-6H,8,18H2. The Hall–Kier alpha value is -2.10. The Morgan fingerprint density at radius 2 is 1.95 bits per heavy atom. The second kappa shape index (κ2) is 5.72. The van der Waals surface area contributed by atoms with Crippen LogP contribution in [0.15, 0.2) is 41.3 Å². The lowest BCUT2D eigenvalue weighted by Crippen LogP contribution is -2.08. The molecule has 0 atom stereocenters. The van der Waals surface area contributed by atoms with Crippen molar-refractivity contribution in [2.45, 2.75) is 10.6 Å². The summed E-state index contributed by atoms with van der Waals surface area (Å²) in [5.74, 6) is -1.09. The zero-order valence-electron chi connectivity index (χ0n) is 10.7. The predicted octanol–water partition coefficient (Wildman–Crippen LogP) is 2.91. The van der Waals surface area contributed by atoms with Crippen LogP contribution in [0, 0.1) is 17.1 Å². The monoisotopic (exact) mass is 324 g/mol. The first kappa shape index (κ1) is 15.3. The van der Waals surface area contributed by atoms with E-state index in [1.165, 1.54) is 30.3 Å². The van der Waals surface area contributed by atoms with E-state index in [1.807, 2.05) is 0 Å². The Kier molecular flexibility index (Phi) is 4.16. The number of nitrogen functional groups attached to an aromatic ring is 1. The zero-order valence-corrected chi connectivity index (χ0v) is 12.2. The number of hydrogen-bond donors (Lipinski definition) is 1. The van der Waals surface area contributed by atoms with Crippen molar-refractivity contribution in [3.8, 4) is 6.07 Å². The molecule has 7 heteroatoms. The van der Waals surface area contributed by atoms with Crippen LogP contribution in [0.25, 0.3) is 0 Å². The van der Waals surface area contributed by atoms with Crippen molar-refractivity contribution < 1.29 is 12.8 Å². The van der Waals surface area contributed by atoms with Crippen LogP contribution in [-0.2, 0) is 15.6 Å². The molecule has 2 aromatic rings. The van der Waals surface area contributed by atoms with Crippen LogP contribution in [-0.4, -0.2) is 8.42 Å². The quantitative estimate of drug-likeness (QED) is 0.880. The molecule has 0 bridgehead atoms. The number of nitrogens with zero attached hydrogens (tertiary/aromatic N) is 1. The van der Waals surface area contributed by atoms with Gasteiger partial charge in [-0.25, -0.2) is 12.8 Å². The van der Waals surface area contributed by atoms with Crippen LogP contribution in [0.4, 0.5) is 10.1 Å². The fourth-order valence-electron chi connectivity index (χ4n) is 1.82. The van der Waals surface area contributed by atoms with Gasteiger partial charge in [-0.1, -0.05) is 17.7 Å². The summed E-state index contributed by atoms with van der Waals surface area (Å²) < 4.78 is 37.9. The van der Waals surface area contributed by atoms with E-state index >= 15 is 0 Å². The highest BCUT2D eigenvalue weighted by Gasteiger charge is 2.19. The Bertz CT molecular complexity index is 845. The van der Waals surface area contributed by atoms with Crippen LogP contribution in [0.2, 0.25) is 5.02 Å². The van der Waals surface area contributed by atoms with E-state index in [2.05, 4.69) is 0 Å². The molecule has 0 aliphatic carbocycles. The van der Waals surface area contributed by atoms with Crippen molar-refractivity contribution >= 4 is 27.1 Å². The van der Waals surface area contributed by atoms with Gasteiger partial charge in [0.1, 0.15) is 11.9 Å². The highest BCUT2D eigenvalue weighted by Crippen LogP contribution is 2.26. The summed E-state index contributed by atoms with van der Waals surface area (Å²) in [6.45, 7) is 0. The van der Waals surface area contributed by atoms with Gasteiger partial charge in [-0.3, -0.25) is 0 Å². The van der Waals surface area contributed by atoms with E-state index in [-0.39, 0.29) is 21.2 Å². The SMILES string of the molecule is N#Cc1cc(CS(=O)(=O)c2cc(Cl)ccc2N)ccc1F. The summed E-state index contributed by atoms with van der Waals surface area (Å²) in [5.41, 5.74) is 5.84. The Morgan fingerprint density at radius 1 is 1.24 bits per heavy atom. The van der Waals surface area contributed by atoms with Crippen LogP contribution < -0.4 is 5.73 Å². The molecule has 21 heavy (non-hydrogen) atoms. The van der Waals surface area contributed by atoms with Crippen LogP contribution >= 0.6 is 11.6 Å². The van der Waals surface area contributed by atoms with Gasteiger partial charge in [0.05, 0.1) is 21.9 Å². The van der Waals surface area contributed by atoms with Crippen molar-refractivity contribution in [3.63, 3.8) is 0 Å². The second-order valence-corrected chi connectivity index (χ2v) is 6.76. The van der Waals surface area contributed by atoms with E-state index < -0.39 is 21.4 Å². The van der Waals surface area contributed by atoms with Gasteiger partial charge in [-0.2, -0.15) is 5.26 Å². The van der Waals surface area contributed by atoms with E-state index in [1.54, 1.807) is 6.07 Å². The fourth-order valence-corrected chi connectivity index (χ4v) is 3.57. The Labute approximate surface area is 126 Å². The van der Waals surface area contributed by atoms with E-state index in [9.17, 15) is 12.8 Å². The molecule has 0 radical (unpaired) electrons. The molecule has 0 aromatic heterocycles. The third-order valence-corrected chi connectivity index (χ3v) is 4.79. The van der Waals surface area contributed by atoms with Gasteiger partial charge in [0.25, 0.3) is 0 Å². The van der Waals surface area contributed by atoms with Crippen molar-refractivity contribution in [2.24, 2.45) is 0 Å². The molecular weight excluding hydrogens is 315 g/mol. The van der Waals surface area contributed by atoms with Crippen LogP contribution in [0.3, 0.4) is 0 Å². The minimum Gasteiger partial charge on any atom is -0.398 e. The molecular formula is C14H10ClFN2O2S. The molecule has 2 N–H and O–H groups in total. The molecule has 0 saturated carbocycles. The molecule has 108 valence electrons. The van der Waals surface area contributed by atoms with Crippen LogP contribution in [0.1, 0.15) is 11.1 Å². The van der Waals surface area contributed by atoms with Crippen molar-refractivity contribution in [1.29, 1.82) is 5.26 Å². The number of halogens is 2. The lowest BCUT2D eigenvalue weighted by molar-refractivity contribution is 0.595. The lowest BCUT2D eigenvalue weighted by Gasteiger charge is -2.08. The van der Waals surface area contributed by atoms with Crippen LogP contribution in [0.5, 0.6) is 0 Å². The predicted molar refractivity (Wildman–Crippen MR) is 77.9 cm³/mol. The molecule has 0 aliphatic rings. The molecule has 0 unspecified atom stereocenters. The number of hydrogen-bond acceptors (Lipinski definition) is 4. The lowest BCUT2D eigenvalue weighted by atomic mass is 10.1. The van der Waals surface area contributed by atoms with Gasteiger partial charge in [0.15, 0.2) is 9.84 Å². The molecule has 0 saturated heterocycles. The third kappa shape index (κ3) is 3.32. The topological polar surface area (TPSA) is 84.0 Å². The normalized spacial score (nSPS) is 11.1. The van der Waals surface area contributed by atoms with Gasteiger partial charge in [-0.05, 0) is 35.9 Å². The van der Waals surface area contributed by atoms with Crippen molar-refractivity contribution in [2.75, 3.05) is 5.73 Å². The first-order chi connectivity index (χ1) is 9.83. The van der Waals surface area contributed by atoms with Gasteiger partial charge in [-0.15, -0.1) is 0 Å². The molecule has 0 heterocycles. The fraction of sp³-hybridized carbons (Fsp3) is 0.0714. The van der Waals surface area contributed by atoms with Gasteiger partial charge < -0.3 is 5.73 Å². The number of sulfone groups is 1. The number of rotatable bonds is 3. The largest absolute Gasteiger partial charge is 0.398 e. The molecule has 0 amide bonds. The van der Waals surface area contributed by atoms with Gasteiger partial charge in [0, 0.05) is 5.02 Å². The first-order valence-corrected chi connectivity index (χ1v) is 7.83. The number of nitriles is 1. The number of nitrogens with two attached hydrogens (primary N) is 1. The van der Waals surface area contributed by atoms with Crippen molar-refractivity contribution in [3.05, 3.63) is 58.4 Å². The minimum atomic E-state index is -3.75. The van der Waals surface area contributed by atoms with E-state index in [4.69, 9.17) is 22.6 Å². The average molecular weight is 325 g/mol. The van der Waals surface area contributed by atoms with E-state index in [0.717, 1.165) is 6.07 Å². The summed E-state index contributed by atoms with van der Waals surface area (Å²) in [5, 5.41) is 9.01. The van der Waals surface area contributed by atoms with E-state index in [0.29, 0.717) is 5.56 Å². The van der Waals surface area contributed by atoms with Crippen molar-refractivity contribution in [1.82, 2.24) is 0 Å². The highest BCUT2D eigenvalue weighted by atomic mass is 35.5. The molecule has 2 aromatic carbocycles. The first-order valence-electron chi connectivity index (χ1n) is 5.80. The summed E-state index contributed by atoms with van der Waals surface area (Å²) >= 11 is 5.78. The maximum atomic E-state index is 13.2. The van der Waals surface area contributed by atoms with Gasteiger partial charge in [0.2, 0.25) is 0 Å². The second-order valence-electron chi connectivity index (χ2n) is 4.37.